The van der Waals surface area contributed by atoms with Crippen LogP contribution < -0.4 is 5.32 Å². The highest BCUT2D eigenvalue weighted by molar-refractivity contribution is 6.00. The van der Waals surface area contributed by atoms with E-state index in [1.54, 1.807) is 23.3 Å². The Bertz CT molecular complexity index is 1170. The zero-order valence-corrected chi connectivity index (χ0v) is 17.3. The Morgan fingerprint density at radius 2 is 1.83 bits per heavy atom. The van der Waals surface area contributed by atoms with Gasteiger partial charge in [-0.05, 0) is 50.1 Å². The number of hydrogen-bond acceptors (Lipinski definition) is 3. The fourth-order valence-electron chi connectivity index (χ4n) is 3.52. The van der Waals surface area contributed by atoms with Gasteiger partial charge in [0, 0.05) is 24.2 Å². The van der Waals surface area contributed by atoms with E-state index in [1.165, 1.54) is 5.56 Å². The average Bonchev–Trinajstić information content (AvgIpc) is 3.20. The Morgan fingerprint density at radius 3 is 2.53 bits per heavy atom. The lowest BCUT2D eigenvalue weighted by Gasteiger charge is -2.14. The van der Waals surface area contributed by atoms with Gasteiger partial charge in [0.2, 0.25) is 0 Å². The fourth-order valence-corrected chi connectivity index (χ4v) is 3.52. The van der Waals surface area contributed by atoms with E-state index in [9.17, 15) is 4.79 Å². The summed E-state index contributed by atoms with van der Waals surface area (Å²) in [5.74, 6) is -0.163. The summed E-state index contributed by atoms with van der Waals surface area (Å²) in [6.07, 6.45) is 5.29. The quantitative estimate of drug-likeness (QED) is 0.514. The van der Waals surface area contributed by atoms with Gasteiger partial charge in [0.05, 0.1) is 17.3 Å². The molecule has 0 fully saturated rings. The Morgan fingerprint density at radius 1 is 1.03 bits per heavy atom. The van der Waals surface area contributed by atoms with Crippen molar-refractivity contribution >= 4 is 5.91 Å². The van der Waals surface area contributed by atoms with Crippen molar-refractivity contribution < 1.29 is 4.79 Å². The van der Waals surface area contributed by atoms with E-state index in [0.717, 1.165) is 22.4 Å². The normalized spacial score (nSPS) is 11.8. The standard InChI is InChI=1S/C25H24N4O/c1-17-11-12-22(18(2)14-17)24-23(16-29(28-24)21-9-5-4-6-10-21)25(30)27-19(3)20-8-7-13-26-15-20/h4-16,19H,1-3H3,(H,27,30). The van der Waals surface area contributed by atoms with Crippen LogP contribution in [0.2, 0.25) is 0 Å². The molecule has 4 aromatic rings. The van der Waals surface area contributed by atoms with Gasteiger partial charge in [-0.25, -0.2) is 4.68 Å². The van der Waals surface area contributed by atoms with E-state index in [1.807, 2.05) is 68.4 Å². The van der Waals surface area contributed by atoms with Crippen LogP contribution in [0.5, 0.6) is 0 Å². The zero-order chi connectivity index (χ0) is 21.1. The first kappa shape index (κ1) is 19.6. The van der Waals surface area contributed by atoms with Gasteiger partial charge in [-0.2, -0.15) is 5.10 Å². The van der Waals surface area contributed by atoms with E-state index >= 15 is 0 Å². The smallest absolute Gasteiger partial charge is 0.255 e. The minimum Gasteiger partial charge on any atom is -0.345 e. The van der Waals surface area contributed by atoms with Crippen molar-refractivity contribution in [2.45, 2.75) is 26.8 Å². The highest BCUT2D eigenvalue weighted by atomic mass is 16.1. The van der Waals surface area contributed by atoms with Crippen LogP contribution in [0.25, 0.3) is 16.9 Å². The van der Waals surface area contributed by atoms with Crippen LogP contribution in [0.1, 0.15) is 40.0 Å². The van der Waals surface area contributed by atoms with Crippen LogP contribution >= 0.6 is 0 Å². The number of aromatic nitrogens is 3. The third-order valence-corrected chi connectivity index (χ3v) is 5.15. The molecule has 0 aliphatic heterocycles. The minimum atomic E-state index is -0.168. The third-order valence-electron chi connectivity index (χ3n) is 5.15. The lowest BCUT2D eigenvalue weighted by molar-refractivity contribution is 0.0940. The largest absolute Gasteiger partial charge is 0.345 e. The molecule has 0 aliphatic carbocycles. The summed E-state index contributed by atoms with van der Waals surface area (Å²) < 4.78 is 1.76. The first-order chi connectivity index (χ1) is 14.5. The number of amides is 1. The maximum absolute atomic E-state index is 13.3. The van der Waals surface area contributed by atoms with Crippen molar-refractivity contribution in [2.75, 3.05) is 0 Å². The number of benzene rings is 2. The van der Waals surface area contributed by atoms with Crippen molar-refractivity contribution in [1.82, 2.24) is 20.1 Å². The summed E-state index contributed by atoms with van der Waals surface area (Å²) in [4.78, 5) is 17.4. The second-order valence-corrected chi connectivity index (χ2v) is 7.47. The highest BCUT2D eigenvalue weighted by Crippen LogP contribution is 2.28. The van der Waals surface area contributed by atoms with Gasteiger partial charge in [-0.3, -0.25) is 9.78 Å². The Hall–Kier alpha value is -3.73. The number of hydrogen-bond donors (Lipinski definition) is 1. The lowest BCUT2D eigenvalue weighted by Crippen LogP contribution is -2.26. The van der Waals surface area contributed by atoms with Gasteiger partial charge in [0.15, 0.2) is 0 Å². The summed E-state index contributed by atoms with van der Waals surface area (Å²) >= 11 is 0. The minimum absolute atomic E-state index is 0.163. The van der Waals surface area contributed by atoms with Gasteiger partial charge in [0.1, 0.15) is 5.69 Å². The van der Waals surface area contributed by atoms with Crippen molar-refractivity contribution in [1.29, 1.82) is 0 Å². The number of carbonyl (C=O) groups excluding carboxylic acids is 1. The molecular weight excluding hydrogens is 372 g/mol. The highest BCUT2D eigenvalue weighted by Gasteiger charge is 2.21. The van der Waals surface area contributed by atoms with E-state index < -0.39 is 0 Å². The first-order valence-electron chi connectivity index (χ1n) is 9.96. The Balaban J connectivity index is 1.75. The molecule has 1 unspecified atom stereocenters. The molecule has 2 aromatic heterocycles. The Labute approximate surface area is 176 Å². The van der Waals surface area contributed by atoms with Crippen LogP contribution in [0.15, 0.2) is 79.3 Å². The van der Waals surface area contributed by atoms with Crippen LogP contribution in [0.4, 0.5) is 0 Å². The van der Waals surface area contributed by atoms with Gasteiger partial charge < -0.3 is 5.32 Å². The molecule has 4 rings (SSSR count). The number of pyridine rings is 1. The molecule has 150 valence electrons. The molecule has 0 aliphatic rings. The summed E-state index contributed by atoms with van der Waals surface area (Å²) in [7, 11) is 0. The lowest BCUT2D eigenvalue weighted by atomic mass is 10.00. The van der Waals surface area contributed by atoms with Crippen molar-refractivity contribution in [3.63, 3.8) is 0 Å². The molecule has 0 saturated heterocycles. The monoisotopic (exact) mass is 396 g/mol. The van der Waals surface area contributed by atoms with Gasteiger partial charge in [-0.1, -0.05) is 48.0 Å². The molecule has 30 heavy (non-hydrogen) atoms. The first-order valence-corrected chi connectivity index (χ1v) is 9.96. The molecule has 2 aromatic carbocycles. The van der Waals surface area contributed by atoms with E-state index in [-0.39, 0.29) is 11.9 Å². The number of nitrogens with zero attached hydrogens (tertiary/aromatic N) is 3. The number of nitrogens with one attached hydrogen (secondary N) is 1. The van der Waals surface area contributed by atoms with Gasteiger partial charge in [0.25, 0.3) is 5.91 Å². The van der Waals surface area contributed by atoms with Crippen LogP contribution in [-0.2, 0) is 0 Å². The van der Waals surface area contributed by atoms with E-state index in [0.29, 0.717) is 11.3 Å². The van der Waals surface area contributed by atoms with Crippen molar-refractivity contribution in [2.24, 2.45) is 0 Å². The number of rotatable bonds is 5. The van der Waals surface area contributed by atoms with Crippen LogP contribution in [-0.4, -0.2) is 20.7 Å². The molecule has 0 radical (unpaired) electrons. The van der Waals surface area contributed by atoms with E-state index in [2.05, 4.69) is 23.3 Å². The summed E-state index contributed by atoms with van der Waals surface area (Å²) in [6, 6.07) is 19.7. The maximum atomic E-state index is 13.3. The van der Waals surface area contributed by atoms with Crippen LogP contribution in [0, 0.1) is 13.8 Å². The maximum Gasteiger partial charge on any atom is 0.255 e. The SMILES string of the molecule is Cc1ccc(-c2nn(-c3ccccc3)cc2C(=O)NC(C)c2cccnc2)c(C)c1. The molecular formula is C25H24N4O. The van der Waals surface area contributed by atoms with E-state index in [4.69, 9.17) is 5.10 Å². The number of aryl methyl sites for hydroxylation is 2. The number of carbonyl (C=O) groups is 1. The molecule has 2 heterocycles. The number of para-hydroxylation sites is 1. The zero-order valence-electron chi connectivity index (χ0n) is 17.3. The van der Waals surface area contributed by atoms with Crippen molar-refractivity contribution in [3.8, 4) is 16.9 Å². The molecule has 1 atom stereocenters. The predicted molar refractivity (Wildman–Crippen MR) is 119 cm³/mol. The molecule has 0 saturated carbocycles. The average molecular weight is 396 g/mol. The molecule has 0 spiro atoms. The summed E-state index contributed by atoms with van der Waals surface area (Å²) in [5.41, 5.74) is 6.29. The molecule has 1 amide bonds. The fraction of sp³-hybridized carbons (Fsp3) is 0.160. The van der Waals surface area contributed by atoms with Crippen LogP contribution in [0.3, 0.4) is 0 Å². The Kier molecular flexibility index (Phi) is 5.44. The molecule has 5 heteroatoms. The molecule has 5 nitrogen and oxygen atoms in total. The summed E-state index contributed by atoms with van der Waals surface area (Å²) in [6.45, 7) is 6.06. The summed E-state index contributed by atoms with van der Waals surface area (Å²) in [5, 5.41) is 7.87. The molecule has 0 bridgehead atoms. The van der Waals surface area contributed by atoms with Gasteiger partial charge in [-0.15, -0.1) is 0 Å². The predicted octanol–water partition coefficient (Wildman–Crippen LogP) is 5.04. The second-order valence-electron chi connectivity index (χ2n) is 7.47. The third kappa shape index (κ3) is 4.01. The second kappa shape index (κ2) is 8.33. The van der Waals surface area contributed by atoms with Gasteiger partial charge >= 0.3 is 0 Å². The molecule has 1 N–H and O–H groups in total. The van der Waals surface area contributed by atoms with Crippen molar-refractivity contribution in [3.05, 3.63) is 102 Å². The topological polar surface area (TPSA) is 59.8 Å².